The van der Waals surface area contributed by atoms with Gasteiger partial charge in [0, 0.05) is 19.0 Å². The summed E-state index contributed by atoms with van der Waals surface area (Å²) in [6.07, 6.45) is 5.43. The Morgan fingerprint density at radius 2 is 1.94 bits per heavy atom. The summed E-state index contributed by atoms with van der Waals surface area (Å²) in [5, 5.41) is 6.08. The number of carbonyl (C=O) groups excluding carboxylic acids is 1. The van der Waals surface area contributed by atoms with Gasteiger partial charge in [0.15, 0.2) is 0 Å². The third-order valence-electron chi connectivity index (χ3n) is 3.12. The molecule has 0 aliphatic carbocycles. The number of hydrogen-bond donors (Lipinski definition) is 2. The molecule has 2 N–H and O–H groups in total. The van der Waals surface area contributed by atoms with E-state index in [1.807, 2.05) is 7.05 Å². The Kier molecular flexibility index (Phi) is 13.7. The van der Waals surface area contributed by atoms with Gasteiger partial charge in [0.05, 0.1) is 0 Å². The number of nitrogens with one attached hydrogen (secondary N) is 2. The van der Waals surface area contributed by atoms with E-state index >= 15 is 0 Å². The van der Waals surface area contributed by atoms with E-state index in [9.17, 15) is 4.79 Å². The zero-order valence-corrected chi connectivity index (χ0v) is 12.5. The molecule has 2 unspecified atom stereocenters. The highest BCUT2D eigenvalue weighted by atomic mass is 35.5. The molecule has 0 aliphatic heterocycles. The van der Waals surface area contributed by atoms with Crippen LogP contribution in [0.3, 0.4) is 0 Å². The molecule has 3 nitrogen and oxygen atoms in total. The minimum Gasteiger partial charge on any atom is -0.355 e. The van der Waals surface area contributed by atoms with E-state index in [4.69, 9.17) is 0 Å². The lowest BCUT2D eigenvalue weighted by atomic mass is 9.95. The fourth-order valence-electron chi connectivity index (χ4n) is 1.65. The molecule has 0 aromatic heterocycles. The van der Waals surface area contributed by atoms with Gasteiger partial charge < -0.3 is 10.6 Å². The fraction of sp³-hybridized carbons (Fsp3) is 0.923. The number of carbonyl (C=O) groups is 1. The Bertz CT molecular complexity index is 188. The smallest absolute Gasteiger partial charge is 0.220 e. The monoisotopic (exact) mass is 264 g/mol. The first kappa shape index (κ1) is 19.1. The average molecular weight is 265 g/mol. The van der Waals surface area contributed by atoms with Crippen LogP contribution in [-0.4, -0.2) is 25.5 Å². The van der Waals surface area contributed by atoms with Gasteiger partial charge in [0.25, 0.3) is 0 Å². The molecule has 4 heteroatoms. The topological polar surface area (TPSA) is 41.1 Å². The van der Waals surface area contributed by atoms with Gasteiger partial charge in [-0.05, 0) is 26.3 Å². The summed E-state index contributed by atoms with van der Waals surface area (Å²) in [5.74, 6) is 0.759. The van der Waals surface area contributed by atoms with Gasteiger partial charge in [-0.15, -0.1) is 12.4 Å². The van der Waals surface area contributed by atoms with Gasteiger partial charge in [0.2, 0.25) is 5.91 Å². The summed E-state index contributed by atoms with van der Waals surface area (Å²) >= 11 is 0. The molecule has 17 heavy (non-hydrogen) atoms. The molecule has 0 fully saturated rings. The van der Waals surface area contributed by atoms with Crippen molar-refractivity contribution < 1.29 is 4.79 Å². The third-order valence-corrected chi connectivity index (χ3v) is 3.12. The van der Waals surface area contributed by atoms with Gasteiger partial charge in [0.1, 0.15) is 0 Å². The van der Waals surface area contributed by atoms with Gasteiger partial charge in [-0.1, -0.05) is 33.1 Å². The fourth-order valence-corrected chi connectivity index (χ4v) is 1.65. The van der Waals surface area contributed by atoms with Gasteiger partial charge in [-0.2, -0.15) is 0 Å². The molecule has 0 rings (SSSR count). The molecule has 0 saturated carbocycles. The second-order valence-corrected chi connectivity index (χ2v) is 4.61. The number of likely N-dealkylation sites (N-methyl/N-ethyl adjacent to an activating group) is 1. The Morgan fingerprint density at radius 1 is 1.29 bits per heavy atom. The van der Waals surface area contributed by atoms with Crippen molar-refractivity contribution in [3.8, 4) is 0 Å². The molecule has 0 radical (unpaired) electrons. The molecular weight excluding hydrogens is 236 g/mol. The zero-order chi connectivity index (χ0) is 12.4. The van der Waals surface area contributed by atoms with Crippen LogP contribution in [0.15, 0.2) is 0 Å². The van der Waals surface area contributed by atoms with Crippen molar-refractivity contribution in [2.24, 2.45) is 5.92 Å². The summed E-state index contributed by atoms with van der Waals surface area (Å²) in [4.78, 5) is 11.7. The molecule has 0 aromatic rings. The highest BCUT2D eigenvalue weighted by Crippen LogP contribution is 2.16. The summed E-state index contributed by atoms with van der Waals surface area (Å²) in [7, 11) is 1.91. The Balaban J connectivity index is 0. The normalized spacial score (nSPS) is 13.6. The van der Waals surface area contributed by atoms with Crippen LogP contribution >= 0.6 is 12.4 Å². The van der Waals surface area contributed by atoms with Crippen LogP contribution in [0.4, 0.5) is 0 Å². The first-order valence-corrected chi connectivity index (χ1v) is 6.57. The molecule has 2 atom stereocenters. The largest absolute Gasteiger partial charge is 0.355 e. The number of hydrogen-bond acceptors (Lipinski definition) is 2. The predicted molar refractivity (Wildman–Crippen MR) is 76.7 cm³/mol. The Morgan fingerprint density at radius 3 is 2.41 bits per heavy atom. The van der Waals surface area contributed by atoms with Crippen LogP contribution in [0.25, 0.3) is 0 Å². The highest BCUT2D eigenvalue weighted by molar-refractivity contribution is 5.85. The summed E-state index contributed by atoms with van der Waals surface area (Å²) in [5.41, 5.74) is 0. The molecule has 0 heterocycles. The Hall–Kier alpha value is -0.280. The maximum absolute atomic E-state index is 11.7. The summed E-state index contributed by atoms with van der Waals surface area (Å²) in [6, 6.07) is 0.347. The van der Waals surface area contributed by atoms with Gasteiger partial charge >= 0.3 is 0 Å². The van der Waals surface area contributed by atoms with E-state index < -0.39 is 0 Å². The number of rotatable bonds is 9. The molecule has 0 bridgehead atoms. The van der Waals surface area contributed by atoms with Crippen LogP contribution in [0, 0.1) is 5.92 Å². The lowest BCUT2D eigenvalue weighted by Gasteiger charge is -2.16. The SMILES string of the molecule is CCCCC(CC)CC(=O)NCC(C)NC.Cl. The maximum atomic E-state index is 11.7. The van der Waals surface area contributed by atoms with E-state index in [1.54, 1.807) is 0 Å². The number of unbranched alkanes of at least 4 members (excludes halogenated alkanes) is 1. The Labute approximate surface area is 113 Å². The lowest BCUT2D eigenvalue weighted by molar-refractivity contribution is -0.122. The first-order valence-electron chi connectivity index (χ1n) is 6.57. The van der Waals surface area contributed by atoms with Gasteiger partial charge in [-0.25, -0.2) is 0 Å². The van der Waals surface area contributed by atoms with Crippen LogP contribution < -0.4 is 10.6 Å². The third kappa shape index (κ3) is 10.6. The molecular formula is C13H29ClN2O. The van der Waals surface area contributed by atoms with E-state index in [2.05, 4.69) is 31.4 Å². The molecule has 1 amide bonds. The van der Waals surface area contributed by atoms with Crippen molar-refractivity contribution in [1.29, 1.82) is 0 Å². The summed E-state index contributed by atoms with van der Waals surface area (Å²) in [6.45, 7) is 7.15. The van der Waals surface area contributed by atoms with E-state index in [0.717, 1.165) is 13.0 Å². The van der Waals surface area contributed by atoms with Crippen molar-refractivity contribution in [2.45, 2.75) is 58.9 Å². The quantitative estimate of drug-likeness (QED) is 0.672. The van der Waals surface area contributed by atoms with Crippen LogP contribution in [0.2, 0.25) is 0 Å². The number of amides is 1. The summed E-state index contributed by atoms with van der Waals surface area (Å²) < 4.78 is 0. The standard InChI is InChI=1S/C13H28N2O.ClH/c1-5-7-8-12(6-2)9-13(16)15-10-11(3)14-4;/h11-12,14H,5-10H2,1-4H3,(H,15,16);1H. The lowest BCUT2D eigenvalue weighted by Crippen LogP contribution is -2.37. The zero-order valence-electron chi connectivity index (χ0n) is 11.7. The van der Waals surface area contributed by atoms with E-state index in [-0.39, 0.29) is 18.3 Å². The molecule has 0 aromatic carbocycles. The molecule has 0 aliphatic rings. The molecule has 104 valence electrons. The van der Waals surface area contributed by atoms with Crippen molar-refractivity contribution in [2.75, 3.05) is 13.6 Å². The maximum Gasteiger partial charge on any atom is 0.220 e. The van der Waals surface area contributed by atoms with E-state index in [1.165, 1.54) is 19.3 Å². The minimum absolute atomic E-state index is 0. The van der Waals surface area contributed by atoms with Crippen LogP contribution in [0.1, 0.15) is 52.9 Å². The second-order valence-electron chi connectivity index (χ2n) is 4.61. The van der Waals surface area contributed by atoms with Crippen molar-refractivity contribution in [3.63, 3.8) is 0 Å². The van der Waals surface area contributed by atoms with Gasteiger partial charge in [-0.3, -0.25) is 4.79 Å². The minimum atomic E-state index is 0. The van der Waals surface area contributed by atoms with Crippen LogP contribution in [-0.2, 0) is 4.79 Å². The highest BCUT2D eigenvalue weighted by Gasteiger charge is 2.11. The predicted octanol–water partition coefficient (Wildman–Crippen LogP) is 2.74. The first-order chi connectivity index (χ1) is 7.63. The average Bonchev–Trinajstić information content (AvgIpc) is 2.31. The molecule has 0 saturated heterocycles. The van der Waals surface area contributed by atoms with E-state index in [0.29, 0.717) is 18.4 Å². The van der Waals surface area contributed by atoms with Crippen molar-refractivity contribution >= 4 is 18.3 Å². The van der Waals surface area contributed by atoms with Crippen molar-refractivity contribution in [1.82, 2.24) is 10.6 Å². The molecule has 0 spiro atoms. The second kappa shape index (κ2) is 12.2. The number of halogens is 1. The van der Waals surface area contributed by atoms with Crippen LogP contribution in [0.5, 0.6) is 0 Å². The van der Waals surface area contributed by atoms with Crippen molar-refractivity contribution in [3.05, 3.63) is 0 Å².